The second-order valence-electron chi connectivity index (χ2n) is 5.48. The topological polar surface area (TPSA) is 26.3 Å². The van der Waals surface area contributed by atoms with Gasteiger partial charge in [-0.05, 0) is 24.7 Å². The fraction of sp³-hybridized carbons (Fsp3) is 0.615. The first-order valence-corrected chi connectivity index (χ1v) is 10.3. The maximum Gasteiger partial charge on any atom is 0.309 e. The van der Waals surface area contributed by atoms with Gasteiger partial charge in [-0.15, -0.1) is 0 Å². The van der Waals surface area contributed by atoms with E-state index in [1.54, 1.807) is 0 Å². The Balaban J connectivity index is 1.75. The molecule has 17 heavy (non-hydrogen) atoms. The Morgan fingerprint density at radius 1 is 1.47 bits per heavy atom. The highest BCUT2D eigenvalue weighted by Gasteiger charge is 2.40. The van der Waals surface area contributed by atoms with Crippen LogP contribution in [0, 0.1) is 17.8 Å². The SMILES string of the molecule is C[Si](C)(Cl)/C=C/COC(=O)C1C[C@H]2C=C[C@@H]1C2. The number of rotatable bonds is 4. The average molecular weight is 271 g/mol. The Morgan fingerprint density at radius 2 is 2.24 bits per heavy atom. The van der Waals surface area contributed by atoms with Crippen molar-refractivity contribution in [3.05, 3.63) is 23.9 Å². The van der Waals surface area contributed by atoms with Gasteiger partial charge < -0.3 is 4.74 Å². The van der Waals surface area contributed by atoms with Crippen LogP contribution in [0.1, 0.15) is 12.8 Å². The van der Waals surface area contributed by atoms with Gasteiger partial charge in [0.25, 0.3) is 0 Å². The largest absolute Gasteiger partial charge is 0.461 e. The van der Waals surface area contributed by atoms with Crippen molar-refractivity contribution in [1.82, 2.24) is 0 Å². The summed E-state index contributed by atoms with van der Waals surface area (Å²) in [5.74, 6) is 1.10. The molecule has 0 heterocycles. The lowest BCUT2D eigenvalue weighted by molar-refractivity contribution is -0.148. The average Bonchev–Trinajstić information content (AvgIpc) is 2.84. The maximum atomic E-state index is 11.8. The van der Waals surface area contributed by atoms with E-state index in [2.05, 4.69) is 12.2 Å². The highest BCUT2D eigenvalue weighted by atomic mass is 35.6. The minimum atomic E-state index is -1.68. The van der Waals surface area contributed by atoms with Crippen LogP contribution in [0.15, 0.2) is 23.9 Å². The van der Waals surface area contributed by atoms with Gasteiger partial charge in [-0.2, -0.15) is 11.1 Å². The van der Waals surface area contributed by atoms with E-state index < -0.39 is 7.38 Å². The number of esters is 1. The van der Waals surface area contributed by atoms with Crippen LogP contribution in [-0.4, -0.2) is 20.0 Å². The number of allylic oxidation sites excluding steroid dienone is 2. The number of hydrogen-bond acceptors (Lipinski definition) is 2. The van der Waals surface area contributed by atoms with Crippen molar-refractivity contribution in [2.75, 3.05) is 6.61 Å². The van der Waals surface area contributed by atoms with Gasteiger partial charge in [-0.1, -0.05) is 37.0 Å². The van der Waals surface area contributed by atoms with E-state index in [1.807, 2.05) is 24.9 Å². The molecule has 0 amide bonds. The van der Waals surface area contributed by atoms with Gasteiger partial charge in [0.1, 0.15) is 6.61 Å². The van der Waals surface area contributed by atoms with Crippen molar-refractivity contribution >= 4 is 24.4 Å². The predicted octanol–water partition coefficient (Wildman–Crippen LogP) is 3.28. The first kappa shape index (κ1) is 12.9. The summed E-state index contributed by atoms with van der Waals surface area (Å²) in [6.45, 7) is 4.43. The van der Waals surface area contributed by atoms with E-state index in [4.69, 9.17) is 15.8 Å². The predicted molar refractivity (Wildman–Crippen MR) is 72.3 cm³/mol. The normalized spacial score (nSPS) is 31.4. The molecule has 0 aliphatic heterocycles. The molecule has 1 fully saturated rings. The van der Waals surface area contributed by atoms with E-state index in [-0.39, 0.29) is 11.9 Å². The van der Waals surface area contributed by atoms with Gasteiger partial charge >= 0.3 is 5.97 Å². The van der Waals surface area contributed by atoms with Crippen LogP contribution in [0.2, 0.25) is 13.1 Å². The molecule has 0 radical (unpaired) electrons. The molecule has 3 atom stereocenters. The summed E-state index contributed by atoms with van der Waals surface area (Å²) in [7, 11) is -1.68. The number of carbonyl (C=O) groups excluding carboxylic acids is 1. The minimum Gasteiger partial charge on any atom is -0.461 e. The summed E-state index contributed by atoms with van der Waals surface area (Å²) in [6, 6.07) is 0. The van der Waals surface area contributed by atoms with Crippen LogP contribution in [0.25, 0.3) is 0 Å². The molecule has 1 unspecified atom stereocenters. The van der Waals surface area contributed by atoms with Crippen LogP contribution >= 0.6 is 11.1 Å². The molecule has 94 valence electrons. The molecule has 0 aromatic heterocycles. The number of halogens is 1. The summed E-state index contributed by atoms with van der Waals surface area (Å²) in [5.41, 5.74) is 1.99. The second-order valence-corrected chi connectivity index (χ2v) is 11.9. The number of ether oxygens (including phenoxy) is 1. The van der Waals surface area contributed by atoms with Crippen molar-refractivity contribution in [1.29, 1.82) is 0 Å². The van der Waals surface area contributed by atoms with Gasteiger partial charge in [0, 0.05) is 0 Å². The summed E-state index contributed by atoms with van der Waals surface area (Å²) >= 11 is 6.13. The van der Waals surface area contributed by atoms with E-state index >= 15 is 0 Å². The molecule has 0 saturated heterocycles. The van der Waals surface area contributed by atoms with E-state index in [9.17, 15) is 4.79 Å². The molecular formula is C13H19ClO2Si. The lowest BCUT2D eigenvalue weighted by atomic mass is 9.94. The molecule has 2 aliphatic carbocycles. The Morgan fingerprint density at radius 3 is 2.76 bits per heavy atom. The van der Waals surface area contributed by atoms with Crippen molar-refractivity contribution in [3.8, 4) is 0 Å². The van der Waals surface area contributed by atoms with Crippen molar-refractivity contribution < 1.29 is 9.53 Å². The van der Waals surface area contributed by atoms with Crippen molar-refractivity contribution in [2.24, 2.45) is 17.8 Å². The molecule has 2 rings (SSSR count). The number of carbonyl (C=O) groups is 1. The highest BCUT2D eigenvalue weighted by Crippen LogP contribution is 2.43. The summed E-state index contributed by atoms with van der Waals surface area (Å²) in [4.78, 5) is 11.8. The molecule has 1 saturated carbocycles. The zero-order valence-electron chi connectivity index (χ0n) is 10.4. The Hall–Kier alpha value is -0.543. The standard InChI is InChI=1S/C13H19ClO2Si/c1-17(2,14)7-3-6-16-13(15)12-9-10-4-5-11(12)8-10/h3-5,7,10-12H,6,8-9H2,1-2H3/b7-3+/t10-,11+,12?/m0/s1. The maximum absolute atomic E-state index is 11.8. The lowest BCUT2D eigenvalue weighted by Crippen LogP contribution is -2.21. The van der Waals surface area contributed by atoms with E-state index in [0.717, 1.165) is 12.8 Å². The zero-order valence-corrected chi connectivity index (χ0v) is 12.1. The second kappa shape index (κ2) is 4.98. The van der Waals surface area contributed by atoms with Gasteiger partial charge in [0.2, 0.25) is 0 Å². The smallest absolute Gasteiger partial charge is 0.309 e. The molecule has 2 nitrogen and oxygen atoms in total. The van der Waals surface area contributed by atoms with Crippen LogP contribution < -0.4 is 0 Å². The minimum absolute atomic E-state index is 0.0412. The molecular weight excluding hydrogens is 252 g/mol. The molecule has 0 aromatic carbocycles. The number of fused-ring (bicyclic) bond motifs is 2. The van der Waals surface area contributed by atoms with E-state index in [1.165, 1.54) is 0 Å². The van der Waals surface area contributed by atoms with Crippen LogP contribution in [0.3, 0.4) is 0 Å². The van der Waals surface area contributed by atoms with Crippen LogP contribution in [-0.2, 0) is 9.53 Å². The van der Waals surface area contributed by atoms with Crippen LogP contribution in [0.5, 0.6) is 0 Å². The lowest BCUT2D eigenvalue weighted by Gasteiger charge is -2.16. The molecule has 4 heteroatoms. The third-order valence-electron chi connectivity index (χ3n) is 3.42. The summed E-state index contributed by atoms with van der Waals surface area (Å²) < 4.78 is 5.28. The third-order valence-corrected chi connectivity index (χ3v) is 4.82. The molecule has 0 aromatic rings. The Bertz CT molecular complexity index is 357. The quantitative estimate of drug-likeness (QED) is 0.339. The van der Waals surface area contributed by atoms with Crippen LogP contribution in [0.4, 0.5) is 0 Å². The van der Waals surface area contributed by atoms with Crippen molar-refractivity contribution in [2.45, 2.75) is 25.9 Å². The summed E-state index contributed by atoms with van der Waals surface area (Å²) in [6.07, 6.45) is 8.39. The molecule has 0 spiro atoms. The zero-order chi connectivity index (χ0) is 12.5. The highest BCUT2D eigenvalue weighted by molar-refractivity contribution is 7.21. The van der Waals surface area contributed by atoms with E-state index in [0.29, 0.717) is 18.4 Å². The van der Waals surface area contributed by atoms with Gasteiger partial charge in [0.05, 0.1) is 5.92 Å². The van der Waals surface area contributed by atoms with Gasteiger partial charge in [0.15, 0.2) is 7.38 Å². The first-order valence-electron chi connectivity index (χ1n) is 6.17. The molecule has 0 N–H and O–H groups in total. The van der Waals surface area contributed by atoms with Gasteiger partial charge in [-0.25, -0.2) is 0 Å². The van der Waals surface area contributed by atoms with Crippen molar-refractivity contribution in [3.63, 3.8) is 0 Å². The Kier molecular flexibility index (Phi) is 3.78. The molecule has 2 bridgehead atoms. The first-order chi connectivity index (χ1) is 7.96. The fourth-order valence-corrected chi connectivity index (χ4v) is 3.54. The monoisotopic (exact) mass is 270 g/mol. The summed E-state index contributed by atoms with van der Waals surface area (Å²) in [5, 5.41) is 0. The third kappa shape index (κ3) is 3.46. The van der Waals surface area contributed by atoms with Gasteiger partial charge in [-0.3, -0.25) is 4.79 Å². The number of hydrogen-bond donors (Lipinski definition) is 0. The fourth-order valence-electron chi connectivity index (χ4n) is 2.62. The Labute approximate surface area is 108 Å². The molecule has 2 aliphatic rings.